The van der Waals surface area contributed by atoms with E-state index in [4.69, 9.17) is 24.9 Å². The zero-order valence-electron chi connectivity index (χ0n) is 36.6. The lowest BCUT2D eigenvalue weighted by Gasteiger charge is -2.14. The number of fused-ring (bicyclic) bond motifs is 7. The molecule has 13 rings (SSSR count). The van der Waals surface area contributed by atoms with Crippen LogP contribution in [0.1, 0.15) is 0 Å². The highest BCUT2D eigenvalue weighted by Gasteiger charge is 2.24. The average molecular weight is 870 g/mol. The second-order valence-electron chi connectivity index (χ2n) is 16.9. The van der Waals surface area contributed by atoms with Gasteiger partial charge in [-0.05, 0) is 47.5 Å². The van der Waals surface area contributed by atoms with Crippen LogP contribution in [-0.2, 0) is 0 Å². The minimum absolute atomic E-state index is 0.518. The summed E-state index contributed by atoms with van der Waals surface area (Å²) in [7, 11) is 0. The Labute approximate surface area is 392 Å². The lowest BCUT2D eigenvalue weighted by molar-refractivity contribution is 0.952. The van der Waals surface area contributed by atoms with E-state index in [1.807, 2.05) is 36.4 Å². The van der Waals surface area contributed by atoms with Gasteiger partial charge in [0.15, 0.2) is 11.6 Å². The SMILES string of the molecule is c1ccc(-c2cc(-c3ccccc3)nc(-c3ccc(-c4nc(-c5ccccc5)nc(-n5c6ccccc6c6ccc7c8ccccc8n(-c8cccc(-c9ccccc9)n8)c7c65)n4)cc3)c2)cc1. The second kappa shape index (κ2) is 16.3. The Kier molecular flexibility index (Phi) is 9.35. The molecule has 0 N–H and O–H groups in total. The van der Waals surface area contributed by atoms with Crippen LogP contribution in [0.3, 0.4) is 0 Å². The molecule has 7 nitrogen and oxygen atoms in total. The fourth-order valence-electron chi connectivity index (χ4n) is 9.60. The number of hydrogen-bond donors (Lipinski definition) is 0. The highest BCUT2D eigenvalue weighted by atomic mass is 15.2. The molecule has 0 amide bonds. The molecule has 68 heavy (non-hydrogen) atoms. The van der Waals surface area contributed by atoms with Gasteiger partial charge >= 0.3 is 0 Å². The highest BCUT2D eigenvalue weighted by molar-refractivity contribution is 6.23. The summed E-state index contributed by atoms with van der Waals surface area (Å²) >= 11 is 0. The maximum Gasteiger partial charge on any atom is 0.238 e. The van der Waals surface area contributed by atoms with Gasteiger partial charge in [0, 0.05) is 49.4 Å². The molecule has 0 aliphatic heterocycles. The molecule has 0 radical (unpaired) electrons. The Morgan fingerprint density at radius 3 is 1.28 bits per heavy atom. The molecular formula is C61H39N7. The van der Waals surface area contributed by atoms with Gasteiger partial charge in [-0.15, -0.1) is 0 Å². The smallest absolute Gasteiger partial charge is 0.238 e. The number of nitrogens with zero attached hydrogens (tertiary/aromatic N) is 7. The molecular weight excluding hydrogens is 831 g/mol. The van der Waals surface area contributed by atoms with E-state index in [-0.39, 0.29) is 0 Å². The minimum atomic E-state index is 0.518. The van der Waals surface area contributed by atoms with E-state index in [1.54, 1.807) is 0 Å². The third-order valence-electron chi connectivity index (χ3n) is 12.8. The van der Waals surface area contributed by atoms with Gasteiger partial charge in [-0.3, -0.25) is 9.13 Å². The summed E-state index contributed by atoms with van der Waals surface area (Å²) in [6.45, 7) is 0. The largest absolute Gasteiger partial charge is 0.292 e. The van der Waals surface area contributed by atoms with E-state index in [1.165, 1.54) is 0 Å². The van der Waals surface area contributed by atoms with Crippen LogP contribution in [0.15, 0.2) is 237 Å². The van der Waals surface area contributed by atoms with Gasteiger partial charge in [-0.2, -0.15) is 9.97 Å². The normalized spacial score (nSPS) is 11.5. The molecule has 0 atom stereocenters. The summed E-state index contributed by atoms with van der Waals surface area (Å²) in [5.41, 5.74) is 13.9. The van der Waals surface area contributed by atoms with Crippen LogP contribution in [0.25, 0.3) is 123 Å². The van der Waals surface area contributed by atoms with Gasteiger partial charge < -0.3 is 0 Å². The molecule has 5 heterocycles. The van der Waals surface area contributed by atoms with E-state index in [9.17, 15) is 0 Å². The molecule has 5 aromatic heterocycles. The average Bonchev–Trinajstić information content (AvgIpc) is 3.95. The van der Waals surface area contributed by atoms with Crippen LogP contribution in [0.4, 0.5) is 0 Å². The number of para-hydroxylation sites is 2. The first-order valence-electron chi connectivity index (χ1n) is 22.8. The Morgan fingerprint density at radius 2 is 0.691 bits per heavy atom. The molecule has 0 saturated heterocycles. The molecule has 0 bridgehead atoms. The van der Waals surface area contributed by atoms with Crippen molar-refractivity contribution in [3.05, 3.63) is 237 Å². The fourth-order valence-corrected chi connectivity index (χ4v) is 9.60. The predicted octanol–water partition coefficient (Wildman–Crippen LogP) is 14.9. The first-order chi connectivity index (χ1) is 33.7. The van der Waals surface area contributed by atoms with Gasteiger partial charge in [0.05, 0.1) is 39.1 Å². The number of hydrogen-bond acceptors (Lipinski definition) is 5. The third-order valence-corrected chi connectivity index (χ3v) is 12.8. The van der Waals surface area contributed by atoms with Gasteiger partial charge in [0.2, 0.25) is 5.95 Å². The first-order valence-corrected chi connectivity index (χ1v) is 22.8. The van der Waals surface area contributed by atoms with Crippen molar-refractivity contribution >= 4 is 43.6 Å². The molecule has 13 aromatic rings. The van der Waals surface area contributed by atoms with Crippen LogP contribution >= 0.6 is 0 Å². The van der Waals surface area contributed by atoms with Crippen LogP contribution in [0.5, 0.6) is 0 Å². The maximum atomic E-state index is 5.40. The zero-order chi connectivity index (χ0) is 45.0. The van der Waals surface area contributed by atoms with Crippen LogP contribution in [0.2, 0.25) is 0 Å². The quantitative estimate of drug-likeness (QED) is 0.152. The molecule has 8 aromatic carbocycles. The van der Waals surface area contributed by atoms with Crippen molar-refractivity contribution in [2.45, 2.75) is 0 Å². The highest BCUT2D eigenvalue weighted by Crippen LogP contribution is 2.42. The Bertz CT molecular complexity index is 3940. The zero-order valence-corrected chi connectivity index (χ0v) is 36.6. The van der Waals surface area contributed by atoms with Crippen LogP contribution in [-0.4, -0.2) is 34.1 Å². The number of pyridine rings is 2. The topological polar surface area (TPSA) is 74.3 Å². The predicted molar refractivity (Wildman–Crippen MR) is 277 cm³/mol. The van der Waals surface area contributed by atoms with E-state index in [0.717, 1.165) is 105 Å². The number of rotatable bonds is 8. The Balaban J connectivity index is 1.03. The summed E-state index contributed by atoms with van der Waals surface area (Å²) in [4.78, 5) is 26.5. The van der Waals surface area contributed by atoms with Gasteiger partial charge in [0.25, 0.3) is 0 Å². The first kappa shape index (κ1) is 39.1. The molecule has 0 saturated carbocycles. The molecule has 318 valence electrons. The van der Waals surface area contributed by atoms with Crippen molar-refractivity contribution in [3.8, 4) is 79.4 Å². The Morgan fingerprint density at radius 1 is 0.250 bits per heavy atom. The summed E-state index contributed by atoms with van der Waals surface area (Å²) in [6, 6.07) is 81.9. The van der Waals surface area contributed by atoms with E-state index in [2.05, 4.69) is 209 Å². The van der Waals surface area contributed by atoms with E-state index >= 15 is 0 Å². The van der Waals surface area contributed by atoms with Crippen molar-refractivity contribution in [2.24, 2.45) is 0 Å². The fraction of sp³-hybridized carbons (Fsp3) is 0. The van der Waals surface area contributed by atoms with Crippen LogP contribution < -0.4 is 0 Å². The van der Waals surface area contributed by atoms with Gasteiger partial charge in [0.1, 0.15) is 5.82 Å². The van der Waals surface area contributed by atoms with Crippen molar-refractivity contribution in [3.63, 3.8) is 0 Å². The van der Waals surface area contributed by atoms with Crippen molar-refractivity contribution < 1.29 is 0 Å². The van der Waals surface area contributed by atoms with E-state index < -0.39 is 0 Å². The lowest BCUT2D eigenvalue weighted by atomic mass is 9.99. The van der Waals surface area contributed by atoms with Crippen molar-refractivity contribution in [1.82, 2.24) is 34.1 Å². The second-order valence-corrected chi connectivity index (χ2v) is 16.9. The molecule has 0 fully saturated rings. The van der Waals surface area contributed by atoms with Gasteiger partial charge in [-0.25, -0.2) is 15.0 Å². The minimum Gasteiger partial charge on any atom is -0.292 e. The third kappa shape index (κ3) is 6.72. The number of aromatic nitrogens is 7. The number of benzene rings is 8. The molecule has 0 aliphatic rings. The standard InChI is InChI=1S/C61H39N7/c1-5-18-40(19-6-1)46-38-52(42-22-9-3-10-23-42)62-53(39-46)43-32-34-45(35-33-43)60-64-59(44-24-11-4-12-25-44)65-61(66-60)68-55-30-16-14-27-48(55)50-37-36-49-47-26-13-15-29-54(47)67(57(49)58(50)68)56-31-17-28-51(63-56)41-20-7-2-8-21-41/h1-39H. The van der Waals surface area contributed by atoms with Gasteiger partial charge in [-0.1, -0.05) is 200 Å². The molecule has 0 spiro atoms. The van der Waals surface area contributed by atoms with Crippen molar-refractivity contribution in [2.75, 3.05) is 0 Å². The summed E-state index contributed by atoms with van der Waals surface area (Å²) in [5.74, 6) is 2.48. The Hall–Kier alpha value is -9.33. The molecule has 7 heteroatoms. The summed E-state index contributed by atoms with van der Waals surface area (Å²) < 4.78 is 4.53. The lowest BCUT2D eigenvalue weighted by Crippen LogP contribution is -2.07. The van der Waals surface area contributed by atoms with Crippen molar-refractivity contribution in [1.29, 1.82) is 0 Å². The van der Waals surface area contributed by atoms with Crippen LogP contribution in [0, 0.1) is 0 Å². The molecule has 0 unspecified atom stereocenters. The summed E-state index contributed by atoms with van der Waals surface area (Å²) in [6.07, 6.45) is 0. The summed E-state index contributed by atoms with van der Waals surface area (Å²) in [5, 5.41) is 4.43. The van der Waals surface area contributed by atoms with E-state index in [0.29, 0.717) is 17.6 Å². The molecule has 0 aliphatic carbocycles. The monoisotopic (exact) mass is 869 g/mol. The maximum absolute atomic E-state index is 5.40.